The topological polar surface area (TPSA) is 54.6 Å². The molecule has 0 atom stereocenters. The molecule has 174 valence electrons. The van der Waals surface area contributed by atoms with E-state index in [1.165, 1.54) is 11.1 Å². The number of aromatic amines is 1. The van der Waals surface area contributed by atoms with Crippen molar-refractivity contribution in [2.75, 3.05) is 39.5 Å². The number of para-hydroxylation sites is 1. The molecule has 1 aliphatic heterocycles. The fourth-order valence-corrected chi connectivity index (χ4v) is 4.51. The Labute approximate surface area is 200 Å². The number of fused-ring (bicyclic) bond motifs is 1. The minimum absolute atomic E-state index is 0.0823. The summed E-state index contributed by atoms with van der Waals surface area (Å²) in [4.78, 5) is 18.6. The summed E-state index contributed by atoms with van der Waals surface area (Å²) in [6.07, 6.45) is 0.828. The van der Waals surface area contributed by atoms with Gasteiger partial charge in [0.25, 0.3) is 0 Å². The van der Waals surface area contributed by atoms with Crippen LogP contribution < -0.4 is 10.2 Å². The molecule has 5 rings (SSSR count). The minimum Gasteiger partial charge on any atom is -0.492 e. The highest BCUT2D eigenvalue weighted by Crippen LogP contribution is 2.24. The van der Waals surface area contributed by atoms with Gasteiger partial charge in [0.2, 0.25) is 0 Å². The molecule has 0 radical (unpaired) electrons. The molecule has 0 bridgehead atoms. The number of hydrogen-bond acceptors (Lipinski definition) is 4. The summed E-state index contributed by atoms with van der Waals surface area (Å²) in [5, 5.41) is 0.729. The van der Waals surface area contributed by atoms with Gasteiger partial charge in [-0.2, -0.15) is 0 Å². The number of morpholine rings is 1. The smallest absolute Gasteiger partial charge is 0.192 e. The molecular formula is C29H30N2O3. The van der Waals surface area contributed by atoms with Crippen LogP contribution in [0.4, 0.5) is 0 Å². The minimum atomic E-state index is 0.0823. The summed E-state index contributed by atoms with van der Waals surface area (Å²) < 4.78 is 11.4. The zero-order valence-corrected chi connectivity index (χ0v) is 19.5. The molecule has 3 aromatic carbocycles. The molecule has 2 heterocycles. The van der Waals surface area contributed by atoms with E-state index < -0.39 is 0 Å². The van der Waals surface area contributed by atoms with E-state index in [0.29, 0.717) is 6.61 Å². The van der Waals surface area contributed by atoms with Crippen LogP contribution in [-0.4, -0.2) is 49.3 Å². The van der Waals surface area contributed by atoms with Crippen LogP contribution in [0.3, 0.4) is 0 Å². The number of ether oxygens (including phenoxy) is 2. The van der Waals surface area contributed by atoms with Crippen molar-refractivity contribution in [3.8, 4) is 17.0 Å². The normalized spacial score (nSPS) is 14.4. The van der Waals surface area contributed by atoms with Gasteiger partial charge in [-0.1, -0.05) is 48.5 Å². The maximum Gasteiger partial charge on any atom is 0.192 e. The van der Waals surface area contributed by atoms with Gasteiger partial charge in [0.1, 0.15) is 12.4 Å². The summed E-state index contributed by atoms with van der Waals surface area (Å²) >= 11 is 0. The van der Waals surface area contributed by atoms with Crippen molar-refractivity contribution >= 4 is 10.9 Å². The highest BCUT2D eigenvalue weighted by atomic mass is 16.5. The fraction of sp³-hybridized carbons (Fsp3) is 0.276. The average Bonchev–Trinajstić information content (AvgIpc) is 2.88. The molecule has 1 fully saturated rings. The van der Waals surface area contributed by atoms with Gasteiger partial charge < -0.3 is 14.5 Å². The van der Waals surface area contributed by atoms with Gasteiger partial charge in [-0.05, 0) is 54.3 Å². The first-order chi connectivity index (χ1) is 16.7. The first kappa shape index (κ1) is 22.4. The maximum absolute atomic E-state index is 12.8. The fourth-order valence-electron chi connectivity index (χ4n) is 4.51. The number of aromatic nitrogens is 1. The van der Waals surface area contributed by atoms with Gasteiger partial charge in [0.15, 0.2) is 5.43 Å². The van der Waals surface area contributed by atoms with Crippen molar-refractivity contribution in [1.82, 2.24) is 9.88 Å². The molecule has 1 saturated heterocycles. The van der Waals surface area contributed by atoms with Crippen molar-refractivity contribution < 1.29 is 9.47 Å². The Balaban J connectivity index is 1.26. The molecule has 1 N–H and O–H groups in total. The first-order valence-electron chi connectivity index (χ1n) is 11.9. The maximum atomic E-state index is 12.8. The van der Waals surface area contributed by atoms with E-state index in [4.69, 9.17) is 9.47 Å². The number of nitrogens with zero attached hydrogens (tertiary/aromatic N) is 1. The highest BCUT2D eigenvalue weighted by Gasteiger charge is 2.11. The Kier molecular flexibility index (Phi) is 6.74. The molecule has 34 heavy (non-hydrogen) atoms. The van der Waals surface area contributed by atoms with Crippen LogP contribution in [0.5, 0.6) is 5.75 Å². The number of rotatable bonds is 7. The number of pyridine rings is 1. The van der Waals surface area contributed by atoms with Crippen LogP contribution in [0.15, 0.2) is 77.6 Å². The third kappa shape index (κ3) is 5.06. The van der Waals surface area contributed by atoms with E-state index in [1.54, 1.807) is 0 Å². The largest absolute Gasteiger partial charge is 0.492 e. The van der Waals surface area contributed by atoms with Gasteiger partial charge in [-0.25, -0.2) is 0 Å². The second-order valence-electron chi connectivity index (χ2n) is 8.82. The van der Waals surface area contributed by atoms with Crippen molar-refractivity contribution in [1.29, 1.82) is 0 Å². The third-order valence-electron chi connectivity index (χ3n) is 6.48. The SMILES string of the molecule is Cc1c(-c2ccc(Cc3cccc(OCCN4CCOCC4)c3)cc2)[nH]c2ccccc2c1=O. The zero-order valence-electron chi connectivity index (χ0n) is 19.5. The standard InChI is InChI=1S/C29H30N2O3/c1-21-28(30-27-8-3-2-7-26(27)29(21)32)24-11-9-22(10-12-24)19-23-5-4-6-25(20-23)34-18-15-31-13-16-33-17-14-31/h2-12,20H,13-19H2,1H3,(H,30,32). The van der Waals surface area contributed by atoms with Crippen molar-refractivity contribution in [2.45, 2.75) is 13.3 Å². The average molecular weight is 455 g/mol. The predicted molar refractivity (Wildman–Crippen MR) is 137 cm³/mol. The molecule has 5 heteroatoms. The Morgan fingerprint density at radius 1 is 0.941 bits per heavy atom. The summed E-state index contributed by atoms with van der Waals surface area (Å²) in [6, 6.07) is 24.4. The number of nitrogens with one attached hydrogen (secondary N) is 1. The lowest BCUT2D eigenvalue weighted by molar-refractivity contribution is 0.0322. The van der Waals surface area contributed by atoms with Crippen molar-refractivity contribution in [2.24, 2.45) is 0 Å². The van der Waals surface area contributed by atoms with E-state index in [0.717, 1.165) is 72.7 Å². The van der Waals surface area contributed by atoms with E-state index >= 15 is 0 Å². The monoisotopic (exact) mass is 454 g/mol. The van der Waals surface area contributed by atoms with E-state index in [-0.39, 0.29) is 5.43 Å². The Hall–Kier alpha value is -3.41. The van der Waals surface area contributed by atoms with Crippen LogP contribution >= 0.6 is 0 Å². The van der Waals surface area contributed by atoms with Gasteiger partial charge in [-0.3, -0.25) is 9.69 Å². The molecule has 0 aliphatic carbocycles. The van der Waals surface area contributed by atoms with Crippen LogP contribution in [0, 0.1) is 6.92 Å². The highest BCUT2D eigenvalue weighted by molar-refractivity contribution is 5.83. The van der Waals surface area contributed by atoms with Crippen LogP contribution in [0.25, 0.3) is 22.2 Å². The lowest BCUT2D eigenvalue weighted by atomic mass is 10.00. The summed E-state index contributed by atoms with van der Waals surface area (Å²) in [6.45, 7) is 7.07. The molecule has 1 aromatic heterocycles. The molecular weight excluding hydrogens is 424 g/mol. The quantitative estimate of drug-likeness (QED) is 0.436. The molecule has 1 aliphatic rings. The molecule has 5 nitrogen and oxygen atoms in total. The predicted octanol–water partition coefficient (Wildman–Crippen LogP) is 4.81. The van der Waals surface area contributed by atoms with Crippen molar-refractivity contribution in [3.05, 3.63) is 99.7 Å². The summed E-state index contributed by atoms with van der Waals surface area (Å²) in [7, 11) is 0. The van der Waals surface area contributed by atoms with Crippen LogP contribution in [0.2, 0.25) is 0 Å². The lowest BCUT2D eigenvalue weighted by Gasteiger charge is -2.26. The second kappa shape index (κ2) is 10.2. The summed E-state index contributed by atoms with van der Waals surface area (Å²) in [5.41, 5.74) is 6.02. The summed E-state index contributed by atoms with van der Waals surface area (Å²) in [5.74, 6) is 0.909. The van der Waals surface area contributed by atoms with Crippen molar-refractivity contribution in [3.63, 3.8) is 0 Å². The van der Waals surface area contributed by atoms with Crippen LogP contribution in [0.1, 0.15) is 16.7 Å². The first-order valence-corrected chi connectivity index (χ1v) is 11.9. The second-order valence-corrected chi connectivity index (χ2v) is 8.82. The number of hydrogen-bond donors (Lipinski definition) is 1. The molecule has 0 spiro atoms. The number of H-pyrrole nitrogens is 1. The molecule has 0 saturated carbocycles. The van der Waals surface area contributed by atoms with Gasteiger partial charge in [0, 0.05) is 36.1 Å². The Morgan fingerprint density at radius 3 is 2.56 bits per heavy atom. The van der Waals surface area contributed by atoms with Gasteiger partial charge in [-0.15, -0.1) is 0 Å². The van der Waals surface area contributed by atoms with E-state index in [2.05, 4.69) is 52.3 Å². The molecule has 0 unspecified atom stereocenters. The van der Waals surface area contributed by atoms with Gasteiger partial charge in [0.05, 0.1) is 18.9 Å². The van der Waals surface area contributed by atoms with Crippen LogP contribution in [-0.2, 0) is 11.2 Å². The Bertz CT molecular complexity index is 1320. The number of benzene rings is 3. The lowest BCUT2D eigenvalue weighted by Crippen LogP contribution is -2.38. The Morgan fingerprint density at radius 2 is 1.74 bits per heavy atom. The van der Waals surface area contributed by atoms with Gasteiger partial charge >= 0.3 is 0 Å². The van der Waals surface area contributed by atoms with E-state index in [1.807, 2.05) is 37.3 Å². The third-order valence-corrected chi connectivity index (χ3v) is 6.48. The molecule has 0 amide bonds. The zero-order chi connectivity index (χ0) is 23.3. The van der Waals surface area contributed by atoms with E-state index in [9.17, 15) is 4.79 Å². The molecule has 4 aromatic rings.